The Kier molecular flexibility index (Phi) is 37.2. The van der Waals surface area contributed by atoms with Crippen LogP contribution < -0.4 is 0 Å². The average Bonchev–Trinajstić information content (AvgIpc) is 3.52. The molecule has 24 heteroatoms. The Labute approximate surface area is 492 Å². The van der Waals surface area contributed by atoms with Crippen LogP contribution in [0.5, 0.6) is 0 Å². The van der Waals surface area contributed by atoms with Crippen LogP contribution in [-0.2, 0) is 100.0 Å². The van der Waals surface area contributed by atoms with Gasteiger partial charge in [0.05, 0.1) is 16.7 Å². The van der Waals surface area contributed by atoms with Crippen LogP contribution in [0.4, 0.5) is 0 Å². The van der Waals surface area contributed by atoms with Crippen LogP contribution in [0.1, 0.15) is 209 Å². The van der Waals surface area contributed by atoms with Gasteiger partial charge in [-0.05, 0) is 76.0 Å². The minimum absolute atomic E-state index is 0.0127. The molecule has 0 atom stereocenters. The summed E-state index contributed by atoms with van der Waals surface area (Å²) in [6.45, 7) is 8.20. The molecule has 0 aliphatic heterocycles. The van der Waals surface area contributed by atoms with Crippen molar-refractivity contribution < 1.29 is 114 Å². The number of carbonyl (C=O) groups is 12. The molecule has 0 fully saturated rings. The van der Waals surface area contributed by atoms with Gasteiger partial charge in [-0.2, -0.15) is 0 Å². The maximum absolute atomic E-state index is 14.5. The Bertz CT molecular complexity index is 1860. The number of esters is 12. The summed E-state index contributed by atoms with van der Waals surface area (Å²) in [5.74, 6) is -9.68. The Morgan fingerprint density at radius 1 is 0.226 bits per heavy atom. The number of carbonyl (C=O) groups excluding carboxylic acids is 12. The lowest BCUT2D eigenvalue weighted by molar-refractivity contribution is -0.168. The average molecular weight is 1200 g/mol. The van der Waals surface area contributed by atoms with Crippen molar-refractivity contribution >= 4 is 71.6 Å². The molecular weight excluding hydrogens is 1100 g/mol. The van der Waals surface area contributed by atoms with Crippen molar-refractivity contribution in [3.05, 3.63) is 34.9 Å². The zero-order valence-corrected chi connectivity index (χ0v) is 50.7. The molecular formula is C60H90O24. The Balaban J connectivity index is 4.23. The van der Waals surface area contributed by atoms with Gasteiger partial charge < -0.3 is 56.8 Å². The van der Waals surface area contributed by atoms with Crippen molar-refractivity contribution in [1.29, 1.82) is 0 Å². The molecule has 0 bridgehead atoms. The largest absolute Gasteiger partial charge is 0.465 e. The van der Waals surface area contributed by atoms with Gasteiger partial charge >= 0.3 is 71.6 Å². The van der Waals surface area contributed by atoms with Crippen LogP contribution in [0.25, 0.3) is 0 Å². The van der Waals surface area contributed by atoms with Gasteiger partial charge in [-0.3, -0.25) is 43.2 Å². The summed E-state index contributed by atoms with van der Waals surface area (Å²) in [5.41, 5.74) is -6.66. The quantitative estimate of drug-likeness (QED) is 0.0438. The summed E-state index contributed by atoms with van der Waals surface area (Å²) in [4.78, 5) is 158. The van der Waals surface area contributed by atoms with E-state index in [9.17, 15) is 57.5 Å². The van der Waals surface area contributed by atoms with Crippen molar-refractivity contribution in [3.63, 3.8) is 0 Å². The molecule has 0 spiro atoms. The van der Waals surface area contributed by atoms with Crippen LogP contribution in [0.15, 0.2) is 18.2 Å². The highest BCUT2D eigenvalue weighted by Gasteiger charge is 2.41. The number of benzene rings is 1. The van der Waals surface area contributed by atoms with Gasteiger partial charge in [0.15, 0.2) is 0 Å². The first-order valence-electron chi connectivity index (χ1n) is 29.1. The second kappa shape index (κ2) is 41.8. The fourth-order valence-electron chi connectivity index (χ4n) is 7.23. The molecule has 84 heavy (non-hydrogen) atoms. The lowest BCUT2D eigenvalue weighted by atomic mass is 9.91. The van der Waals surface area contributed by atoms with E-state index in [1.165, 1.54) is 0 Å². The van der Waals surface area contributed by atoms with Crippen molar-refractivity contribution in [2.45, 2.75) is 178 Å². The van der Waals surface area contributed by atoms with E-state index in [4.69, 9.17) is 56.8 Å². The highest BCUT2D eigenvalue weighted by Crippen LogP contribution is 2.28. The smallest absolute Gasteiger partial charge is 0.338 e. The van der Waals surface area contributed by atoms with Crippen LogP contribution in [0.2, 0.25) is 0 Å². The molecule has 0 saturated heterocycles. The third-order valence-corrected chi connectivity index (χ3v) is 12.1. The Morgan fingerprint density at radius 3 is 0.464 bits per heavy atom. The first-order chi connectivity index (χ1) is 40.1. The van der Waals surface area contributed by atoms with Crippen LogP contribution in [0.3, 0.4) is 0 Å². The fourth-order valence-corrected chi connectivity index (χ4v) is 7.23. The summed E-state index contributed by atoms with van der Waals surface area (Å²) >= 11 is 0. The molecule has 0 heterocycles. The van der Waals surface area contributed by atoms with Crippen LogP contribution in [-0.4, -0.2) is 151 Å². The number of ether oxygens (including phenoxy) is 12. The summed E-state index contributed by atoms with van der Waals surface area (Å²) in [5, 5.41) is 0. The van der Waals surface area contributed by atoms with Gasteiger partial charge in [0.1, 0.15) is 95.5 Å². The molecule has 1 aromatic rings. The van der Waals surface area contributed by atoms with Crippen molar-refractivity contribution in [3.8, 4) is 0 Å². The van der Waals surface area contributed by atoms with E-state index in [0.29, 0.717) is 57.8 Å². The second-order valence-corrected chi connectivity index (χ2v) is 20.7. The molecule has 0 saturated carbocycles. The topological polar surface area (TPSA) is 316 Å². The SMILES string of the molecule is CCCC(=O)OCC(COC(=O)CCC)(COC(=O)CCC)COC(=O)c1cc(C(=O)OCC(COC(=O)CCC)(COC(=O)CCC)COC(=O)CCC)cc(C(=O)OCC(COC(=O)CCC)(COC(=O)CCC)COC(=O)CCC)c1. The maximum atomic E-state index is 14.5. The maximum Gasteiger partial charge on any atom is 0.338 e. The number of hydrogen-bond acceptors (Lipinski definition) is 24. The zero-order chi connectivity index (χ0) is 63.0. The number of hydrogen-bond donors (Lipinski definition) is 0. The predicted octanol–water partition coefficient (Wildman–Crippen LogP) is 8.21. The molecule has 0 radical (unpaired) electrons. The molecule has 0 aliphatic rings. The first-order valence-corrected chi connectivity index (χ1v) is 29.1. The minimum atomic E-state index is -1.71. The van der Waals surface area contributed by atoms with Gasteiger partial charge in [0, 0.05) is 57.8 Å². The van der Waals surface area contributed by atoms with Crippen molar-refractivity contribution in [1.82, 2.24) is 0 Å². The third-order valence-electron chi connectivity index (χ3n) is 12.1. The van der Waals surface area contributed by atoms with E-state index in [1.807, 2.05) is 0 Å². The lowest BCUT2D eigenvalue weighted by Gasteiger charge is -2.32. The van der Waals surface area contributed by atoms with Gasteiger partial charge in [-0.25, -0.2) is 14.4 Å². The van der Waals surface area contributed by atoms with Gasteiger partial charge in [0.25, 0.3) is 0 Å². The second-order valence-electron chi connectivity index (χ2n) is 20.7. The molecule has 474 valence electrons. The van der Waals surface area contributed by atoms with E-state index in [2.05, 4.69) is 0 Å². The standard InChI is InChI=1S/C60H90O24/c1-10-19-46(61)73-31-58(32-74-47(62)20-11-2,33-75-48(63)21-12-3)40-82-55(70)43-28-44(56(71)83-41-59(34-76-49(64)22-13-4,35-77-50(65)23-14-5)36-78-51(66)24-15-6)30-45(29-43)57(72)84-42-60(37-79-52(67)25-16-7,38-80-53(68)26-17-8)39-81-54(69)27-18-9/h28-30H,10-27,31-42H2,1-9H3. The third kappa shape index (κ3) is 30.4. The van der Waals surface area contributed by atoms with Gasteiger partial charge in [-0.1, -0.05) is 62.3 Å². The molecule has 1 aromatic carbocycles. The normalized spacial score (nSPS) is 11.2. The molecule has 0 aliphatic carbocycles. The molecule has 0 N–H and O–H groups in total. The van der Waals surface area contributed by atoms with Gasteiger partial charge in [0.2, 0.25) is 0 Å². The summed E-state index contributed by atoms with van der Waals surface area (Å²) in [6.07, 6.45) is 3.51. The monoisotopic (exact) mass is 1190 g/mol. The summed E-state index contributed by atoms with van der Waals surface area (Å²) < 4.78 is 67.2. The molecule has 0 amide bonds. The minimum Gasteiger partial charge on any atom is -0.465 e. The van der Waals surface area contributed by atoms with E-state index >= 15 is 0 Å². The van der Waals surface area contributed by atoms with Gasteiger partial charge in [-0.15, -0.1) is 0 Å². The number of rotatable bonds is 45. The highest BCUT2D eigenvalue weighted by atomic mass is 16.6. The molecule has 1 rings (SSSR count). The zero-order valence-electron chi connectivity index (χ0n) is 50.7. The fraction of sp³-hybridized carbons (Fsp3) is 0.700. The lowest BCUT2D eigenvalue weighted by Crippen LogP contribution is -2.44. The molecule has 24 nitrogen and oxygen atoms in total. The first kappa shape index (κ1) is 74.9. The summed E-state index contributed by atoms with van der Waals surface area (Å²) in [6, 6.07) is 2.95. The van der Waals surface area contributed by atoms with Crippen LogP contribution in [0, 0.1) is 16.2 Å². The van der Waals surface area contributed by atoms with E-state index < -0.39 is 184 Å². The Hall–Kier alpha value is -7.14. The molecule has 0 aromatic heterocycles. The molecule has 0 unspecified atom stereocenters. The summed E-state index contributed by atoms with van der Waals surface area (Å²) in [7, 11) is 0. The highest BCUT2D eigenvalue weighted by molar-refractivity contribution is 6.00. The van der Waals surface area contributed by atoms with E-state index in [1.54, 1.807) is 62.3 Å². The van der Waals surface area contributed by atoms with E-state index in [-0.39, 0.29) is 57.8 Å². The predicted molar refractivity (Wildman–Crippen MR) is 297 cm³/mol. The Morgan fingerprint density at radius 2 is 0.345 bits per heavy atom. The van der Waals surface area contributed by atoms with Crippen molar-refractivity contribution in [2.24, 2.45) is 16.2 Å². The van der Waals surface area contributed by atoms with Crippen LogP contribution >= 0.6 is 0 Å². The van der Waals surface area contributed by atoms with E-state index in [0.717, 1.165) is 18.2 Å². The van der Waals surface area contributed by atoms with Crippen molar-refractivity contribution in [2.75, 3.05) is 79.3 Å².